The molecule has 3 heteroatoms. The molecule has 0 amide bonds. The zero-order valence-corrected chi connectivity index (χ0v) is 23.4. The molecule has 0 spiro atoms. The van der Waals surface area contributed by atoms with Crippen LogP contribution < -0.4 is 0 Å². The molecule has 0 bridgehead atoms. The standard InChI is InChI=1S/C40H26N2O/c1-2-13-27(14-3-1)41-33-17-8-6-15-28(33)30-23-31-29-16-7-9-18-34(29)42(37(31)24-36(30)41)35-19-10-20-38-40(35)32-21-25-11-4-5-12-26(25)22-39(32)43-38/h1-7,9-16,18-24H,8,17H2. The molecule has 0 N–H and O–H groups in total. The van der Waals surface area contributed by atoms with Gasteiger partial charge in [0.1, 0.15) is 11.2 Å². The molecule has 43 heavy (non-hydrogen) atoms. The quantitative estimate of drug-likeness (QED) is 0.210. The Balaban J connectivity index is 1.37. The summed E-state index contributed by atoms with van der Waals surface area (Å²) in [7, 11) is 0. The molecular weight excluding hydrogens is 524 g/mol. The van der Waals surface area contributed by atoms with Crippen molar-refractivity contribution < 1.29 is 4.42 Å². The second-order valence-corrected chi connectivity index (χ2v) is 11.7. The third-order valence-electron chi connectivity index (χ3n) is 9.33. The Bertz CT molecular complexity index is 2610. The Morgan fingerprint density at radius 3 is 2.23 bits per heavy atom. The normalized spacial score (nSPS) is 13.3. The minimum Gasteiger partial charge on any atom is -0.456 e. The number of rotatable bonds is 2. The van der Waals surface area contributed by atoms with E-state index in [1.807, 2.05) is 0 Å². The van der Waals surface area contributed by atoms with Crippen LogP contribution in [0.1, 0.15) is 17.7 Å². The highest BCUT2D eigenvalue weighted by atomic mass is 16.3. The highest BCUT2D eigenvalue weighted by molar-refractivity contribution is 6.18. The molecule has 0 unspecified atom stereocenters. The fourth-order valence-electron chi connectivity index (χ4n) is 7.49. The number of allylic oxidation sites excluding steroid dienone is 1. The average Bonchev–Trinajstić information content (AvgIpc) is 3.70. The van der Waals surface area contributed by atoms with Crippen molar-refractivity contribution >= 4 is 71.5 Å². The number of nitrogens with zero attached hydrogens (tertiary/aromatic N) is 2. The number of hydrogen-bond acceptors (Lipinski definition) is 1. The first kappa shape index (κ1) is 23.1. The molecule has 3 heterocycles. The highest BCUT2D eigenvalue weighted by Crippen LogP contribution is 2.43. The lowest BCUT2D eigenvalue weighted by atomic mass is 10.0. The molecule has 0 aliphatic heterocycles. The van der Waals surface area contributed by atoms with Crippen molar-refractivity contribution in [1.29, 1.82) is 0 Å². The van der Waals surface area contributed by atoms with E-state index < -0.39 is 0 Å². The van der Waals surface area contributed by atoms with Gasteiger partial charge in [0, 0.05) is 38.5 Å². The SMILES string of the molecule is C1=Cc2c(n(-c3ccccc3)c3cc4c(cc23)c2ccccc2n4-c2cccc3oc4cc5ccccc5cc4c23)CC1. The Kier molecular flexibility index (Phi) is 4.56. The summed E-state index contributed by atoms with van der Waals surface area (Å²) in [4.78, 5) is 0. The number of fused-ring (bicyclic) bond motifs is 10. The van der Waals surface area contributed by atoms with E-state index in [9.17, 15) is 0 Å². The molecule has 0 saturated carbocycles. The van der Waals surface area contributed by atoms with Crippen LogP contribution in [0.2, 0.25) is 0 Å². The van der Waals surface area contributed by atoms with E-state index in [2.05, 4.69) is 143 Å². The number of furan rings is 1. The lowest BCUT2D eigenvalue weighted by Crippen LogP contribution is -2.02. The third-order valence-corrected chi connectivity index (χ3v) is 9.33. The summed E-state index contributed by atoms with van der Waals surface area (Å²) in [6.07, 6.45) is 6.75. The maximum Gasteiger partial charge on any atom is 0.137 e. The van der Waals surface area contributed by atoms with Crippen LogP contribution in [-0.2, 0) is 6.42 Å². The van der Waals surface area contributed by atoms with Crippen molar-refractivity contribution in [3.05, 3.63) is 139 Å². The lowest BCUT2D eigenvalue weighted by Gasteiger charge is -2.13. The van der Waals surface area contributed by atoms with Crippen LogP contribution in [0.3, 0.4) is 0 Å². The molecule has 0 radical (unpaired) electrons. The molecule has 0 fully saturated rings. The number of aromatic nitrogens is 2. The van der Waals surface area contributed by atoms with E-state index in [4.69, 9.17) is 4.42 Å². The van der Waals surface area contributed by atoms with Crippen molar-refractivity contribution in [2.75, 3.05) is 0 Å². The minimum atomic E-state index is 0.906. The van der Waals surface area contributed by atoms with E-state index in [0.29, 0.717) is 0 Å². The van der Waals surface area contributed by atoms with Gasteiger partial charge >= 0.3 is 0 Å². The van der Waals surface area contributed by atoms with Crippen molar-refractivity contribution in [3.8, 4) is 11.4 Å². The van der Waals surface area contributed by atoms with Gasteiger partial charge in [-0.2, -0.15) is 0 Å². The van der Waals surface area contributed by atoms with E-state index in [0.717, 1.165) is 40.5 Å². The first-order valence-electron chi connectivity index (χ1n) is 15.0. The largest absolute Gasteiger partial charge is 0.456 e. The maximum absolute atomic E-state index is 6.50. The van der Waals surface area contributed by atoms with Crippen LogP contribution >= 0.6 is 0 Å². The number of para-hydroxylation sites is 2. The molecule has 1 aliphatic carbocycles. The Labute approximate surface area is 247 Å². The van der Waals surface area contributed by atoms with Gasteiger partial charge in [-0.1, -0.05) is 78.9 Å². The van der Waals surface area contributed by atoms with Gasteiger partial charge in [0.2, 0.25) is 0 Å². The fourth-order valence-corrected chi connectivity index (χ4v) is 7.49. The molecular formula is C40H26N2O. The van der Waals surface area contributed by atoms with Crippen molar-refractivity contribution in [2.24, 2.45) is 0 Å². The minimum absolute atomic E-state index is 0.906. The number of benzene rings is 6. The Hall–Kier alpha value is -5.54. The van der Waals surface area contributed by atoms with E-state index in [1.54, 1.807) is 0 Å². The Morgan fingerprint density at radius 1 is 0.535 bits per heavy atom. The van der Waals surface area contributed by atoms with Gasteiger partial charge in [0.15, 0.2) is 0 Å². The second kappa shape index (κ2) is 8.50. The van der Waals surface area contributed by atoms with Gasteiger partial charge in [0.05, 0.1) is 27.6 Å². The summed E-state index contributed by atoms with van der Waals surface area (Å²) in [6, 6.07) is 43.9. The molecule has 0 saturated heterocycles. The first-order chi connectivity index (χ1) is 21.3. The zero-order valence-electron chi connectivity index (χ0n) is 23.4. The highest BCUT2D eigenvalue weighted by Gasteiger charge is 2.23. The molecule has 3 aromatic heterocycles. The van der Waals surface area contributed by atoms with Gasteiger partial charge in [-0.15, -0.1) is 0 Å². The number of hydrogen-bond donors (Lipinski definition) is 0. The fraction of sp³-hybridized carbons (Fsp3) is 0.0500. The monoisotopic (exact) mass is 550 g/mol. The first-order valence-corrected chi connectivity index (χ1v) is 15.0. The summed E-state index contributed by atoms with van der Waals surface area (Å²) in [5.41, 5.74) is 10.6. The predicted octanol–water partition coefficient (Wildman–Crippen LogP) is 10.7. The smallest absolute Gasteiger partial charge is 0.137 e. The van der Waals surface area contributed by atoms with Crippen molar-refractivity contribution in [2.45, 2.75) is 12.8 Å². The maximum atomic E-state index is 6.50. The molecule has 3 nitrogen and oxygen atoms in total. The summed E-state index contributed by atoms with van der Waals surface area (Å²) < 4.78 is 11.4. The Morgan fingerprint density at radius 2 is 1.33 bits per heavy atom. The van der Waals surface area contributed by atoms with E-state index >= 15 is 0 Å². The predicted molar refractivity (Wildman–Crippen MR) is 180 cm³/mol. The molecule has 1 aliphatic rings. The second-order valence-electron chi connectivity index (χ2n) is 11.7. The molecule has 6 aromatic carbocycles. The summed E-state index contributed by atoms with van der Waals surface area (Å²) >= 11 is 0. The van der Waals surface area contributed by atoms with Crippen LogP contribution in [0.25, 0.3) is 82.9 Å². The van der Waals surface area contributed by atoms with Gasteiger partial charge in [-0.05, 0) is 78.2 Å². The topological polar surface area (TPSA) is 23.0 Å². The third kappa shape index (κ3) is 3.14. The van der Waals surface area contributed by atoms with Gasteiger partial charge in [-0.3, -0.25) is 0 Å². The molecule has 10 rings (SSSR count). The van der Waals surface area contributed by atoms with Crippen LogP contribution in [-0.4, -0.2) is 9.13 Å². The summed E-state index contributed by atoms with van der Waals surface area (Å²) in [6.45, 7) is 0. The molecule has 202 valence electrons. The van der Waals surface area contributed by atoms with Gasteiger partial charge in [-0.25, -0.2) is 0 Å². The molecule has 9 aromatic rings. The van der Waals surface area contributed by atoms with Crippen LogP contribution in [0.5, 0.6) is 0 Å². The van der Waals surface area contributed by atoms with Crippen molar-refractivity contribution in [3.63, 3.8) is 0 Å². The summed E-state index contributed by atoms with van der Waals surface area (Å²) in [5.74, 6) is 0. The average molecular weight is 551 g/mol. The lowest BCUT2D eigenvalue weighted by molar-refractivity contribution is 0.669. The summed E-state index contributed by atoms with van der Waals surface area (Å²) in [5, 5.41) is 8.53. The van der Waals surface area contributed by atoms with Crippen molar-refractivity contribution in [1.82, 2.24) is 9.13 Å². The molecule has 0 atom stereocenters. The zero-order chi connectivity index (χ0) is 28.1. The van der Waals surface area contributed by atoms with Crippen LogP contribution in [0.15, 0.2) is 132 Å². The van der Waals surface area contributed by atoms with E-state index in [1.165, 1.54) is 60.4 Å². The van der Waals surface area contributed by atoms with Crippen LogP contribution in [0.4, 0.5) is 0 Å². The van der Waals surface area contributed by atoms with Gasteiger partial charge < -0.3 is 13.6 Å². The van der Waals surface area contributed by atoms with Gasteiger partial charge in [0.25, 0.3) is 0 Å². The van der Waals surface area contributed by atoms with Crippen LogP contribution in [0, 0.1) is 0 Å². The van der Waals surface area contributed by atoms with E-state index in [-0.39, 0.29) is 0 Å².